The van der Waals surface area contributed by atoms with Crippen LogP contribution in [0.3, 0.4) is 0 Å². The number of guanidine groups is 1. The summed E-state index contributed by atoms with van der Waals surface area (Å²) in [6, 6.07) is 16.2. The first-order valence-corrected chi connectivity index (χ1v) is 13.7. The molecule has 0 heterocycles. The summed E-state index contributed by atoms with van der Waals surface area (Å²) in [6.45, 7) is 1.92. The highest BCUT2D eigenvalue weighted by molar-refractivity contribution is 5.92. The number of nitrogens with one attached hydrogen (secondary N) is 6. The van der Waals surface area contributed by atoms with Crippen molar-refractivity contribution in [3.8, 4) is 0 Å². The molecule has 12 nitrogen and oxygen atoms in total. The largest absolute Gasteiger partial charge is 0.370 e. The highest BCUT2D eigenvalue weighted by atomic mass is 16.2. The zero-order valence-corrected chi connectivity index (χ0v) is 23.5. The number of carbonyl (C=O) groups is 4. The van der Waals surface area contributed by atoms with Crippen molar-refractivity contribution in [3.63, 3.8) is 0 Å². The Morgan fingerprint density at radius 3 is 2.05 bits per heavy atom. The minimum atomic E-state index is -0.865. The Morgan fingerprint density at radius 2 is 1.46 bits per heavy atom. The number of amides is 2. The van der Waals surface area contributed by atoms with E-state index in [0.717, 1.165) is 11.1 Å². The third-order valence-corrected chi connectivity index (χ3v) is 6.26. The van der Waals surface area contributed by atoms with Crippen LogP contribution in [0.15, 0.2) is 60.7 Å². The van der Waals surface area contributed by atoms with Gasteiger partial charge in [-0.3, -0.25) is 35.3 Å². The average molecular weight is 567 g/mol. The number of Topliss-reactive ketones (excluding diaryl/α,β-unsaturated/α-hetero) is 2. The van der Waals surface area contributed by atoms with Crippen LogP contribution >= 0.6 is 0 Å². The van der Waals surface area contributed by atoms with Crippen LogP contribution in [0, 0.1) is 5.41 Å². The quantitative estimate of drug-likeness (QED) is 0.0485. The van der Waals surface area contributed by atoms with E-state index in [2.05, 4.69) is 26.8 Å². The SMILES string of the molecule is CC(=O)CCNNC(=O)C(CCCNC(=N)N)NCC(=O)C(Cc1ccccc1)NC(=O)C(N)Cc1ccccc1. The molecule has 0 bridgehead atoms. The maximum Gasteiger partial charge on any atom is 0.251 e. The van der Waals surface area contributed by atoms with Crippen LogP contribution in [0.25, 0.3) is 0 Å². The lowest BCUT2D eigenvalue weighted by Crippen LogP contribution is -2.54. The second-order valence-corrected chi connectivity index (χ2v) is 9.80. The number of carbonyl (C=O) groups excluding carboxylic acids is 4. The third-order valence-electron chi connectivity index (χ3n) is 6.26. The summed E-state index contributed by atoms with van der Waals surface area (Å²) < 4.78 is 0. The number of ketones is 2. The van der Waals surface area contributed by atoms with Gasteiger partial charge in [-0.25, -0.2) is 5.43 Å². The van der Waals surface area contributed by atoms with E-state index >= 15 is 0 Å². The summed E-state index contributed by atoms with van der Waals surface area (Å²) in [4.78, 5) is 50.4. The lowest BCUT2D eigenvalue weighted by Gasteiger charge is -2.23. The van der Waals surface area contributed by atoms with E-state index in [4.69, 9.17) is 16.9 Å². The summed E-state index contributed by atoms with van der Waals surface area (Å²) in [5.41, 5.74) is 18.6. The van der Waals surface area contributed by atoms with E-state index in [9.17, 15) is 19.2 Å². The lowest BCUT2D eigenvalue weighted by molar-refractivity contribution is -0.129. The number of benzene rings is 2. The monoisotopic (exact) mass is 566 g/mol. The van der Waals surface area contributed by atoms with Crippen LogP contribution in [0.2, 0.25) is 0 Å². The van der Waals surface area contributed by atoms with Crippen molar-refractivity contribution in [1.82, 2.24) is 26.8 Å². The minimum Gasteiger partial charge on any atom is -0.370 e. The fraction of sp³-hybridized carbons (Fsp3) is 0.414. The van der Waals surface area contributed by atoms with Crippen molar-refractivity contribution < 1.29 is 19.2 Å². The van der Waals surface area contributed by atoms with Crippen LogP contribution in [0.4, 0.5) is 0 Å². The van der Waals surface area contributed by atoms with Crippen LogP contribution in [-0.4, -0.2) is 67.1 Å². The van der Waals surface area contributed by atoms with Gasteiger partial charge in [-0.15, -0.1) is 0 Å². The zero-order valence-electron chi connectivity index (χ0n) is 23.5. The molecule has 0 spiro atoms. The second-order valence-electron chi connectivity index (χ2n) is 9.80. The van der Waals surface area contributed by atoms with Gasteiger partial charge < -0.3 is 22.1 Å². The summed E-state index contributed by atoms with van der Waals surface area (Å²) in [5, 5.41) is 15.8. The van der Waals surface area contributed by atoms with E-state index in [-0.39, 0.29) is 43.5 Å². The van der Waals surface area contributed by atoms with Gasteiger partial charge in [-0.05, 0) is 43.7 Å². The topological polar surface area (TPSA) is 204 Å². The Bertz CT molecular complexity index is 1130. The van der Waals surface area contributed by atoms with Gasteiger partial charge in [0.05, 0.1) is 24.7 Å². The molecule has 0 radical (unpaired) electrons. The molecule has 0 aromatic heterocycles. The number of hydrogen-bond donors (Lipinski definition) is 8. The van der Waals surface area contributed by atoms with Crippen LogP contribution in [0.1, 0.15) is 37.3 Å². The molecule has 0 saturated heterocycles. The van der Waals surface area contributed by atoms with Crippen molar-refractivity contribution in [3.05, 3.63) is 71.8 Å². The summed E-state index contributed by atoms with van der Waals surface area (Å²) >= 11 is 0. The van der Waals surface area contributed by atoms with Gasteiger partial charge in [0.25, 0.3) is 5.91 Å². The zero-order chi connectivity index (χ0) is 30.0. The van der Waals surface area contributed by atoms with Crippen molar-refractivity contribution >= 4 is 29.3 Å². The Labute approximate surface area is 240 Å². The molecule has 2 aromatic carbocycles. The summed E-state index contributed by atoms with van der Waals surface area (Å²) in [7, 11) is 0. The molecule has 2 rings (SSSR count). The van der Waals surface area contributed by atoms with Gasteiger partial charge >= 0.3 is 0 Å². The Kier molecular flexibility index (Phi) is 14.7. The molecular formula is C29H42N8O4. The normalized spacial score (nSPS) is 12.9. The highest BCUT2D eigenvalue weighted by Gasteiger charge is 2.26. The lowest BCUT2D eigenvalue weighted by atomic mass is 10.00. The summed E-state index contributed by atoms with van der Waals surface area (Å²) in [5.74, 6) is -1.35. The molecule has 0 saturated carbocycles. The predicted molar refractivity (Wildman–Crippen MR) is 158 cm³/mol. The molecule has 0 aliphatic carbocycles. The van der Waals surface area contributed by atoms with Gasteiger partial charge in [0, 0.05) is 19.5 Å². The molecule has 222 valence electrons. The first kappa shape index (κ1) is 33.1. The van der Waals surface area contributed by atoms with Crippen LogP contribution in [0.5, 0.6) is 0 Å². The molecular weight excluding hydrogens is 524 g/mol. The standard InChI is InChI=1S/C29H42N8O4/c1-20(38)14-16-35-37-28(41)24(13-8-15-33-29(31)32)34-19-26(39)25(18-22-11-6-3-7-12-22)36-27(40)23(30)17-21-9-4-2-5-10-21/h2-7,9-12,23-25,34-35H,8,13-19,30H2,1H3,(H,36,40)(H,37,41)(H4,31,32,33). The number of hydrogen-bond acceptors (Lipinski definition) is 8. The molecule has 2 aromatic rings. The van der Waals surface area contributed by atoms with Gasteiger partial charge in [0.1, 0.15) is 5.78 Å². The van der Waals surface area contributed by atoms with Gasteiger partial charge in [-0.1, -0.05) is 60.7 Å². The molecule has 41 heavy (non-hydrogen) atoms. The highest BCUT2D eigenvalue weighted by Crippen LogP contribution is 2.07. The molecule has 3 atom stereocenters. The molecule has 3 unspecified atom stereocenters. The summed E-state index contributed by atoms with van der Waals surface area (Å²) in [6.07, 6.45) is 1.67. The van der Waals surface area contributed by atoms with Crippen molar-refractivity contribution in [2.75, 3.05) is 19.6 Å². The average Bonchev–Trinajstić information content (AvgIpc) is 2.95. The van der Waals surface area contributed by atoms with Gasteiger partial charge in [0.15, 0.2) is 11.7 Å². The van der Waals surface area contributed by atoms with Crippen molar-refractivity contribution in [1.29, 1.82) is 5.41 Å². The maximum atomic E-state index is 13.4. The second kappa shape index (κ2) is 18.3. The molecule has 2 amide bonds. The van der Waals surface area contributed by atoms with E-state index < -0.39 is 29.9 Å². The number of rotatable bonds is 19. The first-order valence-electron chi connectivity index (χ1n) is 13.7. The van der Waals surface area contributed by atoms with Crippen LogP contribution < -0.4 is 38.3 Å². The molecule has 0 aliphatic rings. The Hall–Kier alpha value is -4.13. The molecule has 0 fully saturated rings. The third kappa shape index (κ3) is 13.7. The van der Waals surface area contributed by atoms with Crippen molar-refractivity contribution in [2.24, 2.45) is 11.5 Å². The molecule has 12 heteroatoms. The van der Waals surface area contributed by atoms with E-state index in [1.165, 1.54) is 6.92 Å². The number of nitrogens with two attached hydrogens (primary N) is 2. The fourth-order valence-corrected chi connectivity index (χ4v) is 4.01. The molecule has 10 N–H and O–H groups in total. The predicted octanol–water partition coefficient (Wildman–Crippen LogP) is -0.326. The Balaban J connectivity index is 2.06. The smallest absolute Gasteiger partial charge is 0.251 e. The van der Waals surface area contributed by atoms with E-state index in [0.29, 0.717) is 25.8 Å². The maximum absolute atomic E-state index is 13.4. The van der Waals surface area contributed by atoms with Gasteiger partial charge in [-0.2, -0.15) is 0 Å². The number of hydrazine groups is 1. The van der Waals surface area contributed by atoms with Crippen LogP contribution in [-0.2, 0) is 32.0 Å². The minimum absolute atomic E-state index is 0.0164. The first-order chi connectivity index (χ1) is 19.7. The van der Waals surface area contributed by atoms with E-state index in [1.807, 2.05) is 60.7 Å². The fourth-order valence-electron chi connectivity index (χ4n) is 4.01. The van der Waals surface area contributed by atoms with Gasteiger partial charge in [0.2, 0.25) is 5.91 Å². The Morgan fingerprint density at radius 1 is 0.854 bits per heavy atom. The molecule has 0 aliphatic heterocycles. The van der Waals surface area contributed by atoms with E-state index in [1.54, 1.807) is 0 Å². The van der Waals surface area contributed by atoms with Crippen molar-refractivity contribution in [2.45, 2.75) is 57.2 Å².